The molecule has 0 spiro atoms. The fraction of sp³-hybridized carbons (Fsp3) is 0.407. The first-order chi connectivity index (χ1) is 15.4. The van der Waals surface area contributed by atoms with Gasteiger partial charge in [0.1, 0.15) is 17.3 Å². The lowest BCUT2D eigenvalue weighted by Crippen LogP contribution is -2.17. The lowest BCUT2D eigenvalue weighted by atomic mass is 9.90. The maximum absolute atomic E-state index is 14.9. The maximum Gasteiger partial charge on any atom is 0.304 e. The molecular formula is C27H32FNO4. The molecule has 1 unspecified atom stereocenters. The van der Waals surface area contributed by atoms with Gasteiger partial charge in [-0.15, -0.1) is 0 Å². The summed E-state index contributed by atoms with van der Waals surface area (Å²) >= 11 is 0. The molecule has 1 atom stereocenters. The van der Waals surface area contributed by atoms with Crippen LogP contribution in [0.15, 0.2) is 47.0 Å². The molecule has 5 nitrogen and oxygen atoms in total. The number of carbonyl (C=O) groups is 1. The van der Waals surface area contributed by atoms with Crippen LogP contribution in [0.1, 0.15) is 75.7 Å². The van der Waals surface area contributed by atoms with E-state index in [9.17, 15) is 14.3 Å². The van der Waals surface area contributed by atoms with Crippen LogP contribution in [0.4, 0.5) is 4.39 Å². The molecule has 0 fully saturated rings. The first-order valence-corrected chi connectivity index (χ1v) is 11.1. The number of oxazole rings is 1. The molecule has 176 valence electrons. The van der Waals surface area contributed by atoms with Crippen molar-refractivity contribution in [1.29, 1.82) is 0 Å². The summed E-state index contributed by atoms with van der Waals surface area (Å²) in [7, 11) is 0. The van der Waals surface area contributed by atoms with Gasteiger partial charge in [-0.2, -0.15) is 0 Å². The molecule has 0 saturated heterocycles. The van der Waals surface area contributed by atoms with Crippen LogP contribution in [-0.4, -0.2) is 22.7 Å². The van der Waals surface area contributed by atoms with E-state index in [1.54, 1.807) is 13.0 Å². The molecule has 0 aliphatic rings. The zero-order valence-corrected chi connectivity index (χ0v) is 20.1. The van der Waals surface area contributed by atoms with E-state index in [1.165, 1.54) is 18.3 Å². The van der Waals surface area contributed by atoms with E-state index in [4.69, 9.17) is 9.15 Å². The Kier molecular flexibility index (Phi) is 7.25. The summed E-state index contributed by atoms with van der Waals surface area (Å²) in [6.07, 6.45) is 1.28. The average molecular weight is 454 g/mol. The molecular weight excluding hydrogens is 421 g/mol. The number of benzene rings is 2. The SMILES string of the molecule is Cc1cnc(C(CC(=O)O)c2cc(F)cc(-c3cc(C(C)C)ccc3OCC(C)(C)C)c2)o1. The number of carboxylic acid groups (broad SMARTS) is 1. The monoisotopic (exact) mass is 453 g/mol. The van der Waals surface area contributed by atoms with E-state index in [0.717, 1.165) is 11.1 Å². The minimum atomic E-state index is -1.02. The van der Waals surface area contributed by atoms with Crippen LogP contribution in [0.25, 0.3) is 11.1 Å². The fourth-order valence-electron chi connectivity index (χ4n) is 3.58. The number of hydrogen-bond acceptors (Lipinski definition) is 4. The van der Waals surface area contributed by atoms with E-state index >= 15 is 0 Å². The van der Waals surface area contributed by atoms with Crippen LogP contribution in [0.5, 0.6) is 5.75 Å². The topological polar surface area (TPSA) is 72.6 Å². The van der Waals surface area contributed by atoms with Crippen molar-refractivity contribution in [3.63, 3.8) is 0 Å². The van der Waals surface area contributed by atoms with Crippen LogP contribution in [0.2, 0.25) is 0 Å². The molecule has 1 N–H and O–H groups in total. The van der Waals surface area contributed by atoms with Crippen molar-refractivity contribution in [2.45, 2.75) is 59.8 Å². The predicted molar refractivity (Wildman–Crippen MR) is 126 cm³/mol. The summed E-state index contributed by atoms with van der Waals surface area (Å²) in [5.41, 5.74) is 2.94. The molecule has 3 rings (SSSR count). The molecule has 1 aromatic heterocycles. The quantitative estimate of drug-likeness (QED) is 0.400. The largest absolute Gasteiger partial charge is 0.492 e. The van der Waals surface area contributed by atoms with Crippen LogP contribution in [0, 0.1) is 18.2 Å². The Morgan fingerprint density at radius 1 is 1.15 bits per heavy atom. The molecule has 0 radical (unpaired) electrons. The smallest absolute Gasteiger partial charge is 0.304 e. The van der Waals surface area contributed by atoms with Gasteiger partial charge in [0, 0.05) is 5.56 Å². The summed E-state index contributed by atoms with van der Waals surface area (Å²) in [6.45, 7) is 12.7. The van der Waals surface area contributed by atoms with Crippen molar-refractivity contribution >= 4 is 5.97 Å². The van der Waals surface area contributed by atoms with Gasteiger partial charge in [-0.05, 0) is 65.3 Å². The van der Waals surface area contributed by atoms with Crippen molar-refractivity contribution < 1.29 is 23.4 Å². The lowest BCUT2D eigenvalue weighted by molar-refractivity contribution is -0.137. The second-order valence-electron chi connectivity index (χ2n) is 9.99. The summed E-state index contributed by atoms with van der Waals surface area (Å²) in [5, 5.41) is 9.47. The second kappa shape index (κ2) is 9.77. The number of aromatic nitrogens is 1. The number of hydrogen-bond donors (Lipinski definition) is 1. The third-order valence-corrected chi connectivity index (χ3v) is 5.28. The van der Waals surface area contributed by atoms with Gasteiger partial charge in [-0.3, -0.25) is 4.79 Å². The number of ether oxygens (including phenoxy) is 1. The molecule has 0 aliphatic carbocycles. The Hall–Kier alpha value is -3.15. The lowest BCUT2D eigenvalue weighted by Gasteiger charge is -2.22. The zero-order valence-electron chi connectivity index (χ0n) is 20.1. The minimum Gasteiger partial charge on any atom is -0.492 e. The van der Waals surface area contributed by atoms with Gasteiger partial charge in [0.05, 0.1) is 25.1 Å². The first kappa shape index (κ1) is 24.5. The van der Waals surface area contributed by atoms with Crippen molar-refractivity contribution in [1.82, 2.24) is 4.98 Å². The summed E-state index contributed by atoms with van der Waals surface area (Å²) in [6, 6.07) is 10.6. The molecule has 33 heavy (non-hydrogen) atoms. The number of aliphatic carboxylic acids is 1. The Morgan fingerprint density at radius 2 is 1.88 bits per heavy atom. The van der Waals surface area contributed by atoms with E-state index in [-0.39, 0.29) is 23.6 Å². The van der Waals surface area contributed by atoms with Crippen LogP contribution >= 0.6 is 0 Å². The van der Waals surface area contributed by atoms with Crippen LogP contribution < -0.4 is 4.74 Å². The predicted octanol–water partition coefficient (Wildman–Crippen LogP) is 6.94. The van der Waals surface area contributed by atoms with Crippen molar-refractivity contribution in [3.8, 4) is 16.9 Å². The summed E-state index contributed by atoms with van der Waals surface area (Å²) < 4.78 is 26.6. The third kappa shape index (κ3) is 6.44. The molecule has 0 bridgehead atoms. The number of nitrogens with zero attached hydrogens (tertiary/aromatic N) is 1. The fourth-order valence-corrected chi connectivity index (χ4v) is 3.58. The van der Waals surface area contributed by atoms with E-state index in [1.807, 2.05) is 18.2 Å². The molecule has 3 aromatic rings. The zero-order chi connectivity index (χ0) is 24.3. The minimum absolute atomic E-state index is 0.0452. The highest BCUT2D eigenvalue weighted by Gasteiger charge is 2.25. The van der Waals surface area contributed by atoms with Crippen molar-refractivity contribution in [2.75, 3.05) is 6.61 Å². The maximum atomic E-state index is 14.9. The Bertz CT molecular complexity index is 1130. The number of rotatable bonds is 8. The van der Waals surface area contributed by atoms with E-state index < -0.39 is 17.7 Å². The highest BCUT2D eigenvalue weighted by molar-refractivity contribution is 5.73. The normalized spacial score (nSPS) is 12.7. The number of aryl methyl sites for hydroxylation is 1. The van der Waals surface area contributed by atoms with E-state index in [0.29, 0.717) is 29.2 Å². The Morgan fingerprint density at radius 3 is 2.45 bits per heavy atom. The molecule has 0 saturated carbocycles. The van der Waals surface area contributed by atoms with Gasteiger partial charge in [0.2, 0.25) is 5.89 Å². The van der Waals surface area contributed by atoms with Crippen LogP contribution in [-0.2, 0) is 4.79 Å². The standard InChI is InChI=1S/C27H32FNO4/c1-16(2)18-7-8-24(32-15-27(4,5)6)22(12-18)19-9-20(11-21(28)10-19)23(13-25(30)31)26-29-14-17(3)33-26/h7-12,14,16,23H,13,15H2,1-6H3,(H,30,31). The molecule has 0 aliphatic heterocycles. The number of halogens is 1. The Balaban J connectivity index is 2.12. The van der Waals surface area contributed by atoms with E-state index in [2.05, 4.69) is 39.6 Å². The van der Waals surface area contributed by atoms with Gasteiger partial charge < -0.3 is 14.3 Å². The number of carboxylic acids is 1. The summed E-state index contributed by atoms with van der Waals surface area (Å²) in [5.74, 6) is -0.421. The second-order valence-corrected chi connectivity index (χ2v) is 9.99. The Labute approximate surface area is 194 Å². The van der Waals surface area contributed by atoms with Gasteiger partial charge >= 0.3 is 5.97 Å². The summed E-state index contributed by atoms with van der Waals surface area (Å²) in [4.78, 5) is 15.8. The van der Waals surface area contributed by atoms with Gasteiger partial charge in [-0.1, -0.05) is 40.7 Å². The third-order valence-electron chi connectivity index (χ3n) is 5.28. The van der Waals surface area contributed by atoms with Crippen LogP contribution in [0.3, 0.4) is 0 Å². The molecule has 1 heterocycles. The average Bonchev–Trinajstić information content (AvgIpc) is 3.15. The molecule has 2 aromatic carbocycles. The molecule has 0 amide bonds. The first-order valence-electron chi connectivity index (χ1n) is 11.1. The highest BCUT2D eigenvalue weighted by Crippen LogP contribution is 2.37. The van der Waals surface area contributed by atoms with Crippen molar-refractivity contribution in [2.24, 2.45) is 5.41 Å². The van der Waals surface area contributed by atoms with Gasteiger partial charge in [-0.25, -0.2) is 9.37 Å². The van der Waals surface area contributed by atoms with Gasteiger partial charge in [0.25, 0.3) is 0 Å². The highest BCUT2D eigenvalue weighted by atomic mass is 19.1. The van der Waals surface area contributed by atoms with Crippen molar-refractivity contribution in [3.05, 3.63) is 71.2 Å². The van der Waals surface area contributed by atoms with Gasteiger partial charge in [0.15, 0.2) is 0 Å². The molecule has 6 heteroatoms.